The van der Waals surface area contributed by atoms with Gasteiger partial charge in [-0.15, -0.1) is 0 Å². The van der Waals surface area contributed by atoms with Gasteiger partial charge in [0.1, 0.15) is 18.2 Å². The summed E-state index contributed by atoms with van der Waals surface area (Å²) in [6.45, 7) is 7.92. The maximum Gasteiger partial charge on any atom is 0.244 e. The number of amides is 1. The van der Waals surface area contributed by atoms with Gasteiger partial charge in [-0.3, -0.25) is 14.5 Å². The molecule has 1 amide bonds. The number of rotatable bonds is 3. The quantitative estimate of drug-likeness (QED) is 0.459. The molecule has 0 saturated heterocycles. The largest absolute Gasteiger partial charge is 0.383 e. The van der Waals surface area contributed by atoms with E-state index < -0.39 is 0 Å². The number of likely N-dealkylation sites (N-methyl/N-ethyl adjacent to an activating group) is 1. The third-order valence-electron chi connectivity index (χ3n) is 7.15. The van der Waals surface area contributed by atoms with Gasteiger partial charge < -0.3 is 20.9 Å². The molecule has 182 valence electrons. The van der Waals surface area contributed by atoms with Crippen molar-refractivity contribution in [2.45, 2.75) is 26.4 Å². The van der Waals surface area contributed by atoms with E-state index in [0.717, 1.165) is 57.6 Å². The maximum absolute atomic E-state index is 12.2. The van der Waals surface area contributed by atoms with E-state index >= 15 is 0 Å². The number of nitrogens with one attached hydrogen (secondary N) is 1. The number of pyridine rings is 3. The van der Waals surface area contributed by atoms with Crippen LogP contribution in [-0.2, 0) is 24.3 Å². The average Bonchev–Trinajstić information content (AvgIpc) is 3.32. The smallest absolute Gasteiger partial charge is 0.244 e. The number of fused-ring (bicyclic) bond motifs is 3. The lowest BCUT2D eigenvalue weighted by Crippen LogP contribution is -2.29. The van der Waals surface area contributed by atoms with Gasteiger partial charge in [0.05, 0.1) is 17.1 Å². The van der Waals surface area contributed by atoms with E-state index in [1.807, 2.05) is 38.5 Å². The number of anilines is 3. The molecule has 0 radical (unpaired) electrons. The molecule has 0 spiro atoms. The summed E-state index contributed by atoms with van der Waals surface area (Å²) in [5.41, 5.74) is 13.2. The number of carbonyl (C=O) groups excluding carboxylic acids is 1. The number of nitrogens with zero attached hydrogens (tertiary/aromatic N) is 7. The highest BCUT2D eigenvalue weighted by Gasteiger charge is 2.25. The number of aromatic nitrogens is 5. The van der Waals surface area contributed by atoms with Gasteiger partial charge >= 0.3 is 0 Å². The Morgan fingerprint density at radius 1 is 1.06 bits per heavy atom. The molecule has 0 fully saturated rings. The Kier molecular flexibility index (Phi) is 4.92. The standard InChI is InChI=1S/C26H27N9O/c1-14-18(10-29-25-15(2)34(4)12-20(14)25)21-7-16-8-22(28-11-19(16)26(27)30-21)31-23-9-17-5-6-33(3)24(36)13-35(17)32-23/h7-11H,2,5-6,12-13H2,1,3-4H3,(H2,27,30)(H,28,31,32). The molecule has 2 aliphatic rings. The number of carbonyl (C=O) groups is 1. The zero-order valence-electron chi connectivity index (χ0n) is 20.5. The summed E-state index contributed by atoms with van der Waals surface area (Å²) in [5.74, 6) is 1.76. The van der Waals surface area contributed by atoms with Crippen LogP contribution in [0.2, 0.25) is 0 Å². The lowest BCUT2D eigenvalue weighted by atomic mass is 10.00. The Bertz CT molecular complexity index is 1570. The highest BCUT2D eigenvalue weighted by atomic mass is 16.2. The molecule has 6 heterocycles. The fourth-order valence-electron chi connectivity index (χ4n) is 4.88. The number of nitrogen functional groups attached to an aromatic ring is 1. The lowest BCUT2D eigenvalue weighted by molar-refractivity contribution is -0.130. The minimum absolute atomic E-state index is 0.0510. The van der Waals surface area contributed by atoms with Crippen molar-refractivity contribution >= 4 is 39.8 Å². The van der Waals surface area contributed by atoms with Crippen LogP contribution in [0.5, 0.6) is 0 Å². The van der Waals surface area contributed by atoms with Crippen LogP contribution in [0.3, 0.4) is 0 Å². The molecule has 4 aromatic rings. The van der Waals surface area contributed by atoms with Crippen LogP contribution in [0, 0.1) is 6.92 Å². The Labute approximate surface area is 208 Å². The van der Waals surface area contributed by atoms with Gasteiger partial charge in [0.25, 0.3) is 0 Å². The van der Waals surface area contributed by atoms with E-state index in [4.69, 9.17) is 5.73 Å². The number of hydrogen-bond acceptors (Lipinski definition) is 8. The molecule has 4 aromatic heterocycles. The zero-order chi connectivity index (χ0) is 25.1. The number of nitrogens with two attached hydrogens (primary N) is 1. The molecule has 2 aliphatic heterocycles. The lowest BCUT2D eigenvalue weighted by Gasteiger charge is -2.12. The summed E-state index contributed by atoms with van der Waals surface area (Å²) in [4.78, 5) is 29.9. The maximum atomic E-state index is 12.2. The summed E-state index contributed by atoms with van der Waals surface area (Å²) in [6, 6.07) is 5.92. The molecule has 36 heavy (non-hydrogen) atoms. The van der Waals surface area contributed by atoms with Crippen LogP contribution in [0.15, 0.2) is 37.2 Å². The molecule has 10 nitrogen and oxygen atoms in total. The summed E-state index contributed by atoms with van der Waals surface area (Å²) in [7, 11) is 3.84. The predicted molar refractivity (Wildman–Crippen MR) is 139 cm³/mol. The summed E-state index contributed by atoms with van der Waals surface area (Å²) >= 11 is 0. The number of hydrogen-bond donors (Lipinski definition) is 2. The molecular weight excluding hydrogens is 454 g/mol. The van der Waals surface area contributed by atoms with Crippen molar-refractivity contribution in [1.82, 2.24) is 34.5 Å². The Balaban J connectivity index is 1.34. The van der Waals surface area contributed by atoms with Crippen LogP contribution in [0.1, 0.15) is 22.5 Å². The van der Waals surface area contributed by atoms with Crippen molar-refractivity contribution < 1.29 is 4.79 Å². The van der Waals surface area contributed by atoms with Crippen molar-refractivity contribution in [3.63, 3.8) is 0 Å². The van der Waals surface area contributed by atoms with Crippen molar-refractivity contribution in [1.29, 1.82) is 0 Å². The van der Waals surface area contributed by atoms with E-state index in [9.17, 15) is 4.79 Å². The van der Waals surface area contributed by atoms with E-state index in [2.05, 4.69) is 43.8 Å². The normalized spacial score (nSPS) is 15.3. The molecule has 6 rings (SSSR count). The molecule has 0 unspecified atom stereocenters. The van der Waals surface area contributed by atoms with Crippen molar-refractivity contribution in [2.75, 3.05) is 31.7 Å². The summed E-state index contributed by atoms with van der Waals surface area (Å²) in [5, 5.41) is 9.54. The molecule has 0 atom stereocenters. The first-order valence-corrected chi connectivity index (χ1v) is 11.8. The second-order valence-electron chi connectivity index (χ2n) is 9.48. The monoisotopic (exact) mass is 481 g/mol. The van der Waals surface area contributed by atoms with Gasteiger partial charge in [0, 0.05) is 74.3 Å². The van der Waals surface area contributed by atoms with E-state index in [0.29, 0.717) is 24.0 Å². The van der Waals surface area contributed by atoms with Crippen LogP contribution in [0.25, 0.3) is 27.7 Å². The van der Waals surface area contributed by atoms with Crippen LogP contribution < -0.4 is 11.1 Å². The fourth-order valence-corrected chi connectivity index (χ4v) is 4.88. The fraction of sp³-hybridized carbons (Fsp3) is 0.269. The molecular formula is C26H27N9O. The third kappa shape index (κ3) is 3.53. The molecule has 10 heteroatoms. The topological polar surface area (TPSA) is 118 Å². The van der Waals surface area contributed by atoms with Crippen LogP contribution >= 0.6 is 0 Å². The first-order chi connectivity index (χ1) is 17.3. The van der Waals surface area contributed by atoms with Crippen molar-refractivity contribution in [3.05, 3.63) is 59.7 Å². The Morgan fingerprint density at radius 2 is 1.89 bits per heavy atom. The predicted octanol–water partition coefficient (Wildman–Crippen LogP) is 2.95. The van der Waals surface area contributed by atoms with Gasteiger partial charge in [-0.2, -0.15) is 5.10 Å². The summed E-state index contributed by atoms with van der Waals surface area (Å²) in [6.07, 6.45) is 4.32. The van der Waals surface area contributed by atoms with E-state index in [1.165, 1.54) is 5.56 Å². The van der Waals surface area contributed by atoms with Crippen molar-refractivity contribution in [3.8, 4) is 11.3 Å². The SMILES string of the molecule is C=C1c2ncc(-c3cc4cc(Nc5cc6n(n5)CC(=O)N(C)CC6)ncc4c(N)n3)c(C)c2CN1C. The Morgan fingerprint density at radius 3 is 2.72 bits per heavy atom. The first-order valence-electron chi connectivity index (χ1n) is 11.8. The summed E-state index contributed by atoms with van der Waals surface area (Å²) < 4.78 is 1.75. The molecule has 0 aliphatic carbocycles. The zero-order valence-corrected chi connectivity index (χ0v) is 20.5. The minimum Gasteiger partial charge on any atom is -0.383 e. The first kappa shape index (κ1) is 22.0. The Hall–Kier alpha value is -4.47. The van der Waals surface area contributed by atoms with E-state index in [1.54, 1.807) is 15.8 Å². The second-order valence-corrected chi connectivity index (χ2v) is 9.48. The van der Waals surface area contributed by atoms with Gasteiger partial charge in [-0.05, 0) is 30.0 Å². The third-order valence-corrected chi connectivity index (χ3v) is 7.15. The van der Waals surface area contributed by atoms with Gasteiger partial charge in [0.15, 0.2) is 5.82 Å². The minimum atomic E-state index is 0.0510. The van der Waals surface area contributed by atoms with Gasteiger partial charge in [0.2, 0.25) is 5.91 Å². The molecule has 0 saturated carbocycles. The molecule has 3 N–H and O–H groups in total. The highest BCUT2D eigenvalue weighted by molar-refractivity contribution is 5.95. The average molecular weight is 482 g/mol. The highest BCUT2D eigenvalue weighted by Crippen LogP contribution is 2.36. The molecule has 0 aromatic carbocycles. The molecule has 0 bridgehead atoms. The van der Waals surface area contributed by atoms with Gasteiger partial charge in [-0.1, -0.05) is 6.58 Å². The van der Waals surface area contributed by atoms with E-state index in [-0.39, 0.29) is 12.5 Å². The van der Waals surface area contributed by atoms with Crippen LogP contribution in [-0.4, -0.2) is 61.1 Å². The second kappa shape index (κ2) is 8.04. The van der Waals surface area contributed by atoms with Crippen molar-refractivity contribution in [2.24, 2.45) is 0 Å². The van der Waals surface area contributed by atoms with Crippen LogP contribution in [0.4, 0.5) is 17.5 Å². The van der Waals surface area contributed by atoms with Gasteiger partial charge in [-0.25, -0.2) is 9.97 Å².